The highest BCUT2D eigenvalue weighted by Crippen LogP contribution is 2.24. The van der Waals surface area contributed by atoms with Gasteiger partial charge in [0.15, 0.2) is 0 Å². The number of carbonyl (C=O) groups is 1. The smallest absolute Gasteiger partial charge is 0.238 e. The number of amides is 1. The number of hydrogen-bond acceptors (Lipinski definition) is 6. The molecule has 2 aromatic rings. The first-order valence-electron chi connectivity index (χ1n) is 9.88. The molecule has 3 unspecified atom stereocenters. The lowest BCUT2D eigenvalue weighted by Crippen LogP contribution is -2.43. The average Bonchev–Trinajstić information content (AvgIpc) is 3.24. The lowest BCUT2D eigenvalue weighted by molar-refractivity contribution is -0.126. The van der Waals surface area contributed by atoms with Crippen molar-refractivity contribution in [1.82, 2.24) is 20.0 Å². The van der Waals surface area contributed by atoms with Crippen LogP contribution in [-0.4, -0.2) is 68.7 Å². The van der Waals surface area contributed by atoms with Crippen LogP contribution < -0.4 is 11.1 Å². The molecule has 8 heteroatoms. The first-order chi connectivity index (χ1) is 13.7. The number of aliphatic hydroxyl groups excluding tert-OH is 2. The number of nitrogens with zero attached hydrogens (tertiary/aromatic N) is 3. The summed E-state index contributed by atoms with van der Waals surface area (Å²) in [5, 5.41) is 26.8. The van der Waals surface area contributed by atoms with Crippen molar-refractivity contribution in [3.63, 3.8) is 0 Å². The Morgan fingerprint density at radius 2 is 2.03 bits per heavy atom. The van der Waals surface area contributed by atoms with E-state index in [1.165, 1.54) is 0 Å². The van der Waals surface area contributed by atoms with Crippen LogP contribution >= 0.6 is 0 Å². The van der Waals surface area contributed by atoms with Crippen LogP contribution in [-0.2, 0) is 11.3 Å². The van der Waals surface area contributed by atoms with Crippen molar-refractivity contribution in [2.75, 3.05) is 20.2 Å². The number of carbonyl (C=O) groups excluding carboxylic acids is 1. The van der Waals surface area contributed by atoms with Crippen LogP contribution in [0.25, 0.3) is 11.3 Å². The van der Waals surface area contributed by atoms with Gasteiger partial charge >= 0.3 is 0 Å². The van der Waals surface area contributed by atoms with Gasteiger partial charge in [0.25, 0.3) is 0 Å². The molecule has 1 aromatic carbocycles. The second-order valence-electron chi connectivity index (χ2n) is 8.57. The van der Waals surface area contributed by atoms with E-state index in [0.717, 1.165) is 16.8 Å². The lowest BCUT2D eigenvalue weighted by atomic mass is 10.0. The molecule has 29 heavy (non-hydrogen) atoms. The monoisotopic (exact) mass is 401 g/mol. The highest BCUT2D eigenvalue weighted by molar-refractivity contribution is 5.82. The molecule has 158 valence electrons. The lowest BCUT2D eigenvalue weighted by Gasteiger charge is -2.23. The fourth-order valence-electron chi connectivity index (χ4n) is 3.76. The Morgan fingerprint density at radius 3 is 2.59 bits per heavy atom. The minimum absolute atomic E-state index is 0.185. The van der Waals surface area contributed by atoms with Gasteiger partial charge in [0.2, 0.25) is 5.91 Å². The number of likely N-dealkylation sites (N-methyl/N-ethyl adjacent to an activating group) is 1. The Hall–Kier alpha value is -2.26. The highest BCUT2D eigenvalue weighted by atomic mass is 16.3. The van der Waals surface area contributed by atoms with Crippen LogP contribution in [0.4, 0.5) is 0 Å². The predicted molar refractivity (Wildman–Crippen MR) is 111 cm³/mol. The van der Waals surface area contributed by atoms with Gasteiger partial charge in [-0.1, -0.05) is 24.3 Å². The molecule has 3 atom stereocenters. The second kappa shape index (κ2) is 8.62. The molecule has 0 spiro atoms. The van der Waals surface area contributed by atoms with Crippen molar-refractivity contribution in [2.24, 2.45) is 5.73 Å². The molecule has 0 bridgehead atoms. The number of β-amino-alcohol motifs (C(OH)–C–C–N with tert-alkyl or cyclic N) is 1. The van der Waals surface area contributed by atoms with E-state index >= 15 is 0 Å². The number of aliphatic hydroxyl groups is 2. The Bertz CT molecular complexity index is 828. The molecule has 1 aromatic heterocycles. The van der Waals surface area contributed by atoms with Crippen molar-refractivity contribution in [2.45, 2.75) is 50.5 Å². The Kier molecular flexibility index (Phi) is 6.38. The van der Waals surface area contributed by atoms with E-state index in [-0.39, 0.29) is 24.1 Å². The molecule has 0 radical (unpaired) electrons. The van der Waals surface area contributed by atoms with E-state index in [9.17, 15) is 15.0 Å². The molecular weight excluding hydrogens is 370 g/mol. The van der Waals surface area contributed by atoms with E-state index in [2.05, 4.69) is 10.4 Å². The largest absolute Gasteiger partial charge is 0.394 e. The van der Waals surface area contributed by atoms with Gasteiger partial charge in [-0.15, -0.1) is 0 Å². The van der Waals surface area contributed by atoms with Crippen LogP contribution in [0.5, 0.6) is 0 Å². The summed E-state index contributed by atoms with van der Waals surface area (Å²) in [7, 11) is 1.81. The zero-order valence-corrected chi connectivity index (χ0v) is 17.2. The number of nitrogens with two attached hydrogens (primary N) is 1. The van der Waals surface area contributed by atoms with Gasteiger partial charge in [0, 0.05) is 18.3 Å². The van der Waals surface area contributed by atoms with Gasteiger partial charge in [-0.2, -0.15) is 5.10 Å². The zero-order chi connectivity index (χ0) is 21.2. The van der Waals surface area contributed by atoms with Crippen molar-refractivity contribution in [3.8, 4) is 11.3 Å². The molecular formula is C21H31N5O3. The molecule has 2 heterocycles. The van der Waals surface area contributed by atoms with Crippen molar-refractivity contribution in [1.29, 1.82) is 0 Å². The summed E-state index contributed by atoms with van der Waals surface area (Å²) in [5.41, 5.74) is 8.50. The van der Waals surface area contributed by atoms with Gasteiger partial charge in [-0.05, 0) is 44.5 Å². The Balaban J connectivity index is 1.72. The maximum atomic E-state index is 12.6. The van der Waals surface area contributed by atoms with E-state index in [4.69, 9.17) is 5.73 Å². The highest BCUT2D eigenvalue weighted by Gasteiger charge is 2.34. The molecule has 1 aliphatic heterocycles. The molecule has 1 fully saturated rings. The summed E-state index contributed by atoms with van der Waals surface area (Å²) >= 11 is 0. The topological polar surface area (TPSA) is 117 Å². The summed E-state index contributed by atoms with van der Waals surface area (Å²) in [6, 6.07) is 8.75. The SMILES string of the molecule is CN1CC(O)CC1C(=O)NC(CO)c1ccc(-c2ccnn2CC(C)(C)N)cc1. The van der Waals surface area contributed by atoms with Crippen LogP contribution in [0.3, 0.4) is 0 Å². The van der Waals surface area contributed by atoms with Crippen LogP contribution in [0.1, 0.15) is 31.9 Å². The van der Waals surface area contributed by atoms with Crippen molar-refractivity contribution < 1.29 is 15.0 Å². The number of hydrogen-bond donors (Lipinski definition) is 4. The third-order valence-corrected chi connectivity index (χ3v) is 5.21. The summed E-state index contributed by atoms with van der Waals surface area (Å²) in [6.07, 6.45) is 1.66. The van der Waals surface area contributed by atoms with Gasteiger partial charge < -0.3 is 21.3 Å². The number of rotatable bonds is 7. The molecule has 0 aliphatic carbocycles. The second-order valence-corrected chi connectivity index (χ2v) is 8.57. The molecule has 0 saturated carbocycles. The standard InChI is InChI=1S/C21H31N5O3/c1-21(2,22)13-26-18(8-9-23-26)15-6-4-14(5-7-15)17(12-27)24-20(29)19-10-16(28)11-25(19)3/h4-9,16-17,19,27-28H,10-13,22H2,1-3H3,(H,24,29). The third kappa shape index (κ3) is 5.22. The van der Waals surface area contributed by atoms with E-state index in [1.54, 1.807) is 6.20 Å². The van der Waals surface area contributed by atoms with Crippen molar-refractivity contribution >= 4 is 5.91 Å². The van der Waals surface area contributed by atoms with Crippen molar-refractivity contribution in [3.05, 3.63) is 42.1 Å². The first kappa shape index (κ1) is 21.4. The molecule has 5 N–H and O–H groups in total. The van der Waals surface area contributed by atoms with Crippen LogP contribution in [0.2, 0.25) is 0 Å². The van der Waals surface area contributed by atoms with E-state index < -0.39 is 12.1 Å². The fourth-order valence-corrected chi connectivity index (χ4v) is 3.76. The average molecular weight is 402 g/mol. The van der Waals surface area contributed by atoms with Gasteiger partial charge in [0.05, 0.1) is 37.0 Å². The van der Waals surface area contributed by atoms with Gasteiger partial charge in [0.1, 0.15) is 0 Å². The van der Waals surface area contributed by atoms with E-state index in [1.807, 2.05) is 60.8 Å². The number of nitrogens with one attached hydrogen (secondary N) is 1. The maximum Gasteiger partial charge on any atom is 0.238 e. The minimum Gasteiger partial charge on any atom is -0.394 e. The van der Waals surface area contributed by atoms with Gasteiger partial charge in [-0.25, -0.2) is 0 Å². The minimum atomic E-state index is -0.504. The molecule has 8 nitrogen and oxygen atoms in total. The molecule has 3 rings (SSSR count). The Labute approximate surface area is 171 Å². The molecule has 1 saturated heterocycles. The molecule has 1 amide bonds. The zero-order valence-electron chi connectivity index (χ0n) is 17.2. The predicted octanol–water partition coefficient (Wildman–Crippen LogP) is 0.502. The summed E-state index contributed by atoms with van der Waals surface area (Å²) < 4.78 is 1.88. The first-order valence-corrected chi connectivity index (χ1v) is 9.88. The number of aromatic nitrogens is 2. The third-order valence-electron chi connectivity index (χ3n) is 5.21. The summed E-state index contributed by atoms with van der Waals surface area (Å²) in [4.78, 5) is 14.4. The quantitative estimate of drug-likeness (QED) is 0.537. The normalized spacial score (nSPS) is 21.3. The van der Waals surface area contributed by atoms with Gasteiger partial charge in [-0.3, -0.25) is 14.4 Å². The number of likely N-dealkylation sites (tertiary alicyclic amines) is 1. The van der Waals surface area contributed by atoms with Crippen LogP contribution in [0, 0.1) is 0 Å². The summed E-state index contributed by atoms with van der Waals surface area (Å²) in [6.45, 7) is 4.77. The molecule has 1 aliphatic rings. The fraction of sp³-hybridized carbons (Fsp3) is 0.524. The summed E-state index contributed by atoms with van der Waals surface area (Å²) in [5.74, 6) is -0.185. The van der Waals surface area contributed by atoms with Crippen LogP contribution in [0.15, 0.2) is 36.5 Å². The number of benzene rings is 1. The Morgan fingerprint density at radius 1 is 1.34 bits per heavy atom. The maximum absolute atomic E-state index is 12.6. The van der Waals surface area contributed by atoms with E-state index in [0.29, 0.717) is 19.5 Å².